The van der Waals surface area contributed by atoms with Crippen molar-refractivity contribution >= 4 is 37.4 Å². The van der Waals surface area contributed by atoms with Gasteiger partial charge in [-0.25, -0.2) is 0 Å². The zero-order chi connectivity index (χ0) is 15.1. The third kappa shape index (κ3) is 1.90. The summed E-state index contributed by atoms with van der Waals surface area (Å²) >= 11 is 1.77. The molecule has 0 fully saturated rings. The SMILES string of the molecule is NC(=O)c1ccccc1-c1cccc2sc3ccccc3c12. The van der Waals surface area contributed by atoms with Gasteiger partial charge in [0.25, 0.3) is 0 Å². The second-order valence-corrected chi connectivity index (χ2v) is 6.27. The van der Waals surface area contributed by atoms with Gasteiger partial charge >= 0.3 is 0 Å². The Labute approximate surface area is 131 Å². The van der Waals surface area contributed by atoms with E-state index in [1.165, 1.54) is 20.2 Å². The summed E-state index contributed by atoms with van der Waals surface area (Å²) in [5, 5.41) is 2.41. The molecule has 0 saturated heterocycles. The van der Waals surface area contributed by atoms with Crippen LogP contribution in [-0.4, -0.2) is 5.91 Å². The maximum absolute atomic E-state index is 11.8. The van der Waals surface area contributed by atoms with Crippen LogP contribution in [-0.2, 0) is 0 Å². The molecule has 3 aromatic carbocycles. The Morgan fingerprint density at radius 1 is 0.773 bits per heavy atom. The average Bonchev–Trinajstić information content (AvgIpc) is 2.93. The molecule has 2 nitrogen and oxygen atoms in total. The van der Waals surface area contributed by atoms with Gasteiger partial charge in [-0.3, -0.25) is 4.79 Å². The molecule has 106 valence electrons. The minimum atomic E-state index is -0.396. The fraction of sp³-hybridized carbons (Fsp3) is 0. The van der Waals surface area contributed by atoms with Crippen molar-refractivity contribution in [1.29, 1.82) is 0 Å². The number of hydrogen-bond acceptors (Lipinski definition) is 2. The van der Waals surface area contributed by atoms with Gasteiger partial charge in [0.05, 0.1) is 0 Å². The van der Waals surface area contributed by atoms with Crippen LogP contribution in [0.15, 0.2) is 66.7 Å². The van der Waals surface area contributed by atoms with Gasteiger partial charge in [-0.1, -0.05) is 48.5 Å². The van der Waals surface area contributed by atoms with E-state index in [4.69, 9.17) is 5.73 Å². The Morgan fingerprint density at radius 3 is 2.32 bits per heavy atom. The minimum Gasteiger partial charge on any atom is -0.366 e. The van der Waals surface area contributed by atoms with E-state index >= 15 is 0 Å². The number of hydrogen-bond donors (Lipinski definition) is 1. The second-order valence-electron chi connectivity index (χ2n) is 5.19. The first-order valence-corrected chi connectivity index (χ1v) is 7.87. The number of carbonyl (C=O) groups is 1. The molecule has 1 amide bonds. The van der Waals surface area contributed by atoms with Crippen LogP contribution in [0.5, 0.6) is 0 Å². The fourth-order valence-corrected chi connectivity index (χ4v) is 4.06. The molecule has 0 spiro atoms. The molecule has 0 atom stereocenters. The van der Waals surface area contributed by atoms with Crippen LogP contribution in [0.3, 0.4) is 0 Å². The predicted molar refractivity (Wildman–Crippen MR) is 93.3 cm³/mol. The van der Waals surface area contributed by atoms with Crippen LogP contribution in [0.2, 0.25) is 0 Å². The van der Waals surface area contributed by atoms with Gasteiger partial charge in [0.1, 0.15) is 0 Å². The molecule has 1 aromatic heterocycles. The number of rotatable bonds is 2. The molecule has 0 aliphatic rings. The topological polar surface area (TPSA) is 43.1 Å². The van der Waals surface area contributed by atoms with Crippen molar-refractivity contribution in [2.45, 2.75) is 0 Å². The molecular formula is C19H13NOS. The van der Waals surface area contributed by atoms with Crippen molar-refractivity contribution in [2.75, 3.05) is 0 Å². The summed E-state index contributed by atoms with van der Waals surface area (Å²) in [6.07, 6.45) is 0. The molecule has 4 aromatic rings. The number of primary amides is 1. The molecule has 2 N–H and O–H groups in total. The molecular weight excluding hydrogens is 290 g/mol. The number of fused-ring (bicyclic) bond motifs is 3. The molecule has 0 aliphatic heterocycles. The number of thiophene rings is 1. The summed E-state index contributed by atoms with van der Waals surface area (Å²) in [6, 6.07) is 22.1. The van der Waals surface area contributed by atoms with Crippen LogP contribution in [0.1, 0.15) is 10.4 Å². The molecule has 3 heteroatoms. The molecule has 0 saturated carbocycles. The van der Waals surface area contributed by atoms with Crippen molar-refractivity contribution in [3.63, 3.8) is 0 Å². The summed E-state index contributed by atoms with van der Waals surface area (Å²) in [6.45, 7) is 0. The predicted octanol–water partition coefficient (Wildman–Crippen LogP) is 4.82. The van der Waals surface area contributed by atoms with Crippen molar-refractivity contribution in [3.05, 3.63) is 72.3 Å². The maximum Gasteiger partial charge on any atom is 0.249 e. The van der Waals surface area contributed by atoms with Crippen LogP contribution < -0.4 is 5.73 Å². The summed E-state index contributed by atoms with van der Waals surface area (Å²) in [4.78, 5) is 11.8. The van der Waals surface area contributed by atoms with E-state index < -0.39 is 5.91 Å². The van der Waals surface area contributed by atoms with Gasteiger partial charge in [0.2, 0.25) is 5.91 Å². The van der Waals surface area contributed by atoms with E-state index in [-0.39, 0.29) is 0 Å². The minimum absolute atomic E-state index is 0.396. The third-order valence-electron chi connectivity index (χ3n) is 3.89. The van der Waals surface area contributed by atoms with E-state index in [1.807, 2.05) is 30.3 Å². The molecule has 4 rings (SSSR count). The van der Waals surface area contributed by atoms with Gasteiger partial charge in [0.15, 0.2) is 0 Å². The van der Waals surface area contributed by atoms with Gasteiger partial charge in [0, 0.05) is 25.7 Å². The average molecular weight is 303 g/mol. The Bertz CT molecular complexity index is 1020. The Hall–Kier alpha value is -2.65. The molecule has 0 unspecified atom stereocenters. The Morgan fingerprint density at radius 2 is 1.45 bits per heavy atom. The molecule has 1 heterocycles. The molecule has 0 aliphatic carbocycles. The van der Waals surface area contributed by atoms with E-state index in [1.54, 1.807) is 17.4 Å². The normalized spacial score (nSPS) is 11.1. The molecule has 0 bridgehead atoms. The van der Waals surface area contributed by atoms with E-state index in [0.29, 0.717) is 5.56 Å². The molecule has 0 radical (unpaired) electrons. The first-order chi connectivity index (χ1) is 10.8. The monoisotopic (exact) mass is 303 g/mol. The van der Waals surface area contributed by atoms with Crippen molar-refractivity contribution in [1.82, 2.24) is 0 Å². The highest BCUT2D eigenvalue weighted by Crippen LogP contribution is 2.40. The van der Waals surface area contributed by atoms with Crippen LogP contribution in [0.4, 0.5) is 0 Å². The number of benzene rings is 3. The highest BCUT2D eigenvalue weighted by Gasteiger charge is 2.14. The molecule has 22 heavy (non-hydrogen) atoms. The van der Waals surface area contributed by atoms with Crippen LogP contribution in [0, 0.1) is 0 Å². The standard InChI is InChI=1S/C19H13NOS/c20-19(21)14-7-2-1-6-12(14)13-9-5-11-17-18(13)15-8-3-4-10-16(15)22-17/h1-11H,(H2,20,21). The first kappa shape index (κ1) is 13.0. The lowest BCUT2D eigenvalue weighted by molar-refractivity contribution is 0.100. The lowest BCUT2D eigenvalue weighted by Gasteiger charge is -2.08. The number of carbonyl (C=O) groups excluding carboxylic acids is 1. The summed E-state index contributed by atoms with van der Waals surface area (Å²) in [5.74, 6) is -0.396. The summed E-state index contributed by atoms with van der Waals surface area (Å²) in [5.41, 5.74) is 8.06. The van der Waals surface area contributed by atoms with E-state index in [9.17, 15) is 4.79 Å². The van der Waals surface area contributed by atoms with Crippen molar-refractivity contribution < 1.29 is 4.79 Å². The second kappa shape index (κ2) is 4.97. The zero-order valence-electron chi connectivity index (χ0n) is 11.7. The number of nitrogens with two attached hydrogens (primary N) is 1. The maximum atomic E-state index is 11.8. The lowest BCUT2D eigenvalue weighted by atomic mass is 9.95. The smallest absolute Gasteiger partial charge is 0.249 e. The highest BCUT2D eigenvalue weighted by atomic mass is 32.1. The largest absolute Gasteiger partial charge is 0.366 e. The summed E-state index contributed by atoms with van der Waals surface area (Å²) in [7, 11) is 0. The zero-order valence-corrected chi connectivity index (χ0v) is 12.6. The van der Waals surface area contributed by atoms with Gasteiger partial charge in [-0.15, -0.1) is 11.3 Å². The van der Waals surface area contributed by atoms with Gasteiger partial charge < -0.3 is 5.73 Å². The summed E-state index contributed by atoms with van der Waals surface area (Å²) < 4.78 is 2.47. The number of amides is 1. The van der Waals surface area contributed by atoms with Gasteiger partial charge in [-0.2, -0.15) is 0 Å². The first-order valence-electron chi connectivity index (χ1n) is 7.05. The lowest BCUT2D eigenvalue weighted by Crippen LogP contribution is -2.12. The van der Waals surface area contributed by atoms with Crippen LogP contribution in [0.25, 0.3) is 31.3 Å². The van der Waals surface area contributed by atoms with E-state index in [0.717, 1.165) is 11.1 Å². The van der Waals surface area contributed by atoms with Crippen LogP contribution >= 0.6 is 11.3 Å². The quantitative estimate of drug-likeness (QED) is 0.567. The van der Waals surface area contributed by atoms with E-state index in [2.05, 4.69) is 30.3 Å². The van der Waals surface area contributed by atoms with Crippen molar-refractivity contribution in [2.24, 2.45) is 5.73 Å². The highest BCUT2D eigenvalue weighted by molar-refractivity contribution is 7.25. The van der Waals surface area contributed by atoms with Gasteiger partial charge in [-0.05, 0) is 29.3 Å². The van der Waals surface area contributed by atoms with Crippen molar-refractivity contribution in [3.8, 4) is 11.1 Å². The Kier molecular flexibility index (Phi) is 2.94. The Balaban J connectivity index is 2.14. The fourth-order valence-electron chi connectivity index (χ4n) is 2.93. The third-order valence-corrected chi connectivity index (χ3v) is 5.02.